The summed E-state index contributed by atoms with van der Waals surface area (Å²) < 4.78 is 39.8. The van der Waals surface area contributed by atoms with E-state index in [0.717, 1.165) is 19.3 Å². The van der Waals surface area contributed by atoms with Crippen molar-refractivity contribution in [2.75, 3.05) is 24.5 Å². The second-order valence-electron chi connectivity index (χ2n) is 16.4. The fourth-order valence-corrected chi connectivity index (χ4v) is 9.27. The number of amides is 5. The van der Waals surface area contributed by atoms with Crippen LogP contribution in [0.15, 0.2) is 61.2 Å². The normalized spacial score (nSPS) is 25.1. The van der Waals surface area contributed by atoms with Crippen molar-refractivity contribution in [1.29, 1.82) is 0 Å². The van der Waals surface area contributed by atoms with Gasteiger partial charge in [0.1, 0.15) is 17.7 Å². The molecule has 5 aliphatic rings. The molecule has 0 bridgehead atoms. The number of sulfonamides is 1. The Kier molecular flexibility index (Phi) is 10.2. The van der Waals surface area contributed by atoms with Gasteiger partial charge >= 0.3 is 6.09 Å². The molecule has 15 heteroatoms. The highest BCUT2D eigenvalue weighted by atomic mass is 32.2. The molecule has 14 nitrogen and oxygen atoms in total. The van der Waals surface area contributed by atoms with E-state index >= 15 is 0 Å². The summed E-state index contributed by atoms with van der Waals surface area (Å²) in [5.74, 6) is -2.64. The lowest BCUT2D eigenvalue weighted by Gasteiger charge is -2.36. The average Bonchev–Trinajstić information content (AvgIpc) is 4.09. The third kappa shape index (κ3) is 7.67. The highest BCUT2D eigenvalue weighted by Gasteiger charge is 2.62. The van der Waals surface area contributed by atoms with Gasteiger partial charge in [-0.25, -0.2) is 18.1 Å². The Labute approximate surface area is 321 Å². The zero-order valence-electron chi connectivity index (χ0n) is 31.5. The maximum Gasteiger partial charge on any atom is 0.419 e. The van der Waals surface area contributed by atoms with E-state index in [4.69, 9.17) is 9.47 Å². The molecule has 0 radical (unpaired) electrons. The highest BCUT2D eigenvalue weighted by molar-refractivity contribution is 7.91. The first-order valence-electron chi connectivity index (χ1n) is 19.1. The second-order valence-corrected chi connectivity index (χ2v) is 18.3. The Balaban J connectivity index is 1.16. The van der Waals surface area contributed by atoms with Gasteiger partial charge in [-0.3, -0.25) is 23.9 Å². The van der Waals surface area contributed by atoms with Gasteiger partial charge in [0.15, 0.2) is 11.5 Å². The lowest BCUT2D eigenvalue weighted by Crippen LogP contribution is -2.57. The van der Waals surface area contributed by atoms with Crippen molar-refractivity contribution in [2.45, 2.75) is 95.1 Å². The summed E-state index contributed by atoms with van der Waals surface area (Å²) in [6.07, 6.45) is 3.45. The van der Waals surface area contributed by atoms with Gasteiger partial charge in [-0.15, -0.1) is 6.58 Å². The number of fused-ring (bicyclic) bond motifs is 2. The van der Waals surface area contributed by atoms with Gasteiger partial charge in [-0.05, 0) is 68.2 Å². The Morgan fingerprint density at radius 2 is 1.60 bits per heavy atom. The number of nitrogens with one attached hydrogen (secondary N) is 2. The van der Waals surface area contributed by atoms with E-state index in [2.05, 4.69) is 16.6 Å². The molecular weight excluding hydrogens is 727 g/mol. The summed E-state index contributed by atoms with van der Waals surface area (Å²) in [5, 5.41) is 2.13. The number of hydrogen-bond acceptors (Lipinski definition) is 9. The zero-order valence-corrected chi connectivity index (χ0v) is 32.3. The third-order valence-corrected chi connectivity index (χ3v) is 13.2. The van der Waals surface area contributed by atoms with Gasteiger partial charge < -0.3 is 24.6 Å². The number of ether oxygens (including phenoxy) is 2. The first-order chi connectivity index (χ1) is 26.1. The number of rotatable bonds is 10. The Morgan fingerprint density at radius 3 is 2.16 bits per heavy atom. The molecule has 0 aromatic heterocycles. The molecule has 5 amide bonds. The van der Waals surface area contributed by atoms with Crippen molar-refractivity contribution in [1.82, 2.24) is 19.8 Å². The van der Waals surface area contributed by atoms with Crippen molar-refractivity contribution in [2.24, 2.45) is 17.3 Å². The smallest absolute Gasteiger partial charge is 0.419 e. The van der Waals surface area contributed by atoms with Crippen LogP contribution in [0.1, 0.15) is 72.1 Å². The van der Waals surface area contributed by atoms with Gasteiger partial charge in [0, 0.05) is 31.8 Å². The maximum absolute atomic E-state index is 14.7. The van der Waals surface area contributed by atoms with Crippen LogP contribution in [-0.2, 0) is 33.9 Å². The van der Waals surface area contributed by atoms with Crippen molar-refractivity contribution >= 4 is 51.1 Å². The first kappa shape index (κ1) is 38.4. The molecule has 2 aromatic rings. The molecule has 2 N–H and O–H groups in total. The minimum absolute atomic E-state index is 0.0666. The van der Waals surface area contributed by atoms with Crippen molar-refractivity contribution in [3.63, 3.8) is 0 Å². The quantitative estimate of drug-likeness (QED) is 0.323. The predicted octanol–water partition coefficient (Wildman–Crippen LogP) is 4.77. The molecular formula is C40H49N5O9S. The third-order valence-electron chi connectivity index (χ3n) is 11.4. The Hall–Kier alpha value is -4.92. The van der Waals surface area contributed by atoms with Crippen molar-refractivity contribution < 1.29 is 41.9 Å². The van der Waals surface area contributed by atoms with E-state index in [0.29, 0.717) is 48.8 Å². The molecule has 2 saturated carbocycles. The molecule has 2 aromatic carbocycles. The molecule has 3 aliphatic heterocycles. The number of para-hydroxylation sites is 4. The molecule has 5 atom stereocenters. The summed E-state index contributed by atoms with van der Waals surface area (Å²) in [6.45, 7) is 10.5. The molecule has 0 unspecified atom stereocenters. The van der Waals surface area contributed by atoms with Gasteiger partial charge in [0.05, 0.1) is 29.1 Å². The number of hydrogen-bond donors (Lipinski definition) is 2. The van der Waals surface area contributed by atoms with Crippen LogP contribution >= 0.6 is 0 Å². The summed E-state index contributed by atoms with van der Waals surface area (Å²) >= 11 is 0. The van der Waals surface area contributed by atoms with Gasteiger partial charge in [0.2, 0.25) is 27.7 Å². The van der Waals surface area contributed by atoms with E-state index < -0.39 is 74.0 Å². The van der Waals surface area contributed by atoms with E-state index in [-0.39, 0.29) is 31.7 Å². The number of piperidine rings is 1. The molecule has 7 rings (SSSR count). The van der Waals surface area contributed by atoms with Crippen LogP contribution in [-0.4, -0.2) is 90.5 Å². The average molecular weight is 776 g/mol. The van der Waals surface area contributed by atoms with E-state index in [1.807, 2.05) is 20.8 Å². The van der Waals surface area contributed by atoms with Crippen LogP contribution in [0.4, 0.5) is 16.2 Å². The van der Waals surface area contributed by atoms with Crippen LogP contribution in [0.3, 0.4) is 0 Å². The first-order valence-corrected chi connectivity index (χ1v) is 20.6. The number of anilines is 2. The topological polar surface area (TPSA) is 172 Å². The van der Waals surface area contributed by atoms with Crippen LogP contribution < -0.4 is 19.7 Å². The lowest BCUT2D eigenvalue weighted by molar-refractivity contribution is -0.148. The summed E-state index contributed by atoms with van der Waals surface area (Å²) in [7, 11) is -3.92. The largest absolute Gasteiger partial charge is 0.453 e. The summed E-state index contributed by atoms with van der Waals surface area (Å²) in [6, 6.07) is 12.8. The number of likely N-dealkylation sites (tertiary alicyclic amines) is 2. The van der Waals surface area contributed by atoms with E-state index in [1.165, 1.54) is 15.9 Å². The second kappa shape index (κ2) is 14.6. The predicted molar refractivity (Wildman–Crippen MR) is 203 cm³/mol. The van der Waals surface area contributed by atoms with Crippen LogP contribution in [0.2, 0.25) is 0 Å². The zero-order chi connectivity index (χ0) is 39.3. The lowest BCUT2D eigenvalue weighted by atomic mass is 9.77. The number of nitrogens with zero attached hydrogens (tertiary/aromatic N) is 3. The Morgan fingerprint density at radius 1 is 0.982 bits per heavy atom. The van der Waals surface area contributed by atoms with E-state index in [1.54, 1.807) is 53.4 Å². The van der Waals surface area contributed by atoms with Gasteiger partial charge in [-0.2, -0.15) is 0 Å². The van der Waals surface area contributed by atoms with Crippen LogP contribution in [0, 0.1) is 17.3 Å². The number of benzene rings is 2. The van der Waals surface area contributed by atoms with Gasteiger partial charge in [0.25, 0.3) is 5.91 Å². The molecule has 2 aliphatic carbocycles. The van der Waals surface area contributed by atoms with Crippen molar-refractivity contribution in [3.8, 4) is 11.5 Å². The van der Waals surface area contributed by atoms with Crippen molar-refractivity contribution in [3.05, 3.63) is 61.2 Å². The van der Waals surface area contributed by atoms with Crippen LogP contribution in [0.25, 0.3) is 0 Å². The fraction of sp³-hybridized carbons (Fsp3) is 0.525. The minimum Gasteiger partial charge on any atom is -0.453 e. The standard InChI is InChI=1S/C40H49N5O9S/c1-5-25-23-40(25,37(49)42-55(51,52)27-17-18-27)41-35(47)31-21-26(24-44(31)36(48)28(39(2,3)4)22-34(46)43-19-11-6-12-20-43)53-38(50)45-29-13-7-9-15-32(29)54-33-16-10-8-14-30(33)45/h5,7-10,13-16,25-28,31H,1,6,11-12,17-24H2,2-4H3,(H,41,47)(H,42,49)/t25-,26-,28-,31+,40-/m1/s1. The minimum atomic E-state index is -3.92. The highest BCUT2D eigenvalue weighted by Crippen LogP contribution is 2.48. The van der Waals surface area contributed by atoms with Gasteiger partial charge in [-0.1, -0.05) is 51.1 Å². The number of carbonyl (C=O) groups is 5. The molecule has 55 heavy (non-hydrogen) atoms. The molecule has 0 spiro atoms. The molecule has 3 heterocycles. The maximum atomic E-state index is 14.7. The molecule has 2 saturated heterocycles. The SMILES string of the molecule is C=C[C@@H]1C[C@]1(NC(=O)[C@@H]1C[C@@H](OC(=O)N2c3ccccc3Oc3ccccc32)CN1C(=O)[C@@H](CC(=O)N1CCCCC1)C(C)(C)C)C(=O)NS(=O)(=O)C1CC1. The fourth-order valence-electron chi connectivity index (χ4n) is 7.90. The summed E-state index contributed by atoms with van der Waals surface area (Å²) in [4.78, 5) is 74.9. The summed E-state index contributed by atoms with van der Waals surface area (Å²) in [5.41, 5.74) is -1.37. The van der Waals surface area contributed by atoms with E-state index in [9.17, 15) is 32.4 Å². The molecule has 294 valence electrons. The van der Waals surface area contributed by atoms with Crippen LogP contribution in [0.5, 0.6) is 11.5 Å². The number of carbonyl (C=O) groups excluding carboxylic acids is 5. The Bertz CT molecular complexity index is 1960. The molecule has 4 fully saturated rings. The monoisotopic (exact) mass is 775 g/mol.